The standard InChI is InChI=1S/C24H21F3N4O2/c25-24(26,27)19-10-11-22(28-15-19)33-20-4-1-3-17(14-20)13-16-6-8-18(9-7-16)23(32)30-21-5-2-12-29-31-21/h1-5,10-15,18H,6-9H2,(H,30,31,32). The van der Waals surface area contributed by atoms with Crippen molar-refractivity contribution >= 4 is 17.8 Å². The van der Waals surface area contributed by atoms with E-state index in [1.54, 1.807) is 30.5 Å². The summed E-state index contributed by atoms with van der Waals surface area (Å²) in [5.41, 5.74) is 1.31. The number of allylic oxidation sites excluding steroid dienone is 1. The van der Waals surface area contributed by atoms with Crippen molar-refractivity contribution in [2.45, 2.75) is 31.9 Å². The van der Waals surface area contributed by atoms with E-state index < -0.39 is 11.7 Å². The van der Waals surface area contributed by atoms with Gasteiger partial charge in [-0.05, 0) is 61.6 Å². The average molecular weight is 454 g/mol. The Morgan fingerprint density at radius 1 is 1.09 bits per heavy atom. The summed E-state index contributed by atoms with van der Waals surface area (Å²) >= 11 is 0. The van der Waals surface area contributed by atoms with E-state index in [1.165, 1.54) is 11.6 Å². The quantitative estimate of drug-likeness (QED) is 0.520. The molecule has 2 heterocycles. The Bertz CT molecular complexity index is 1120. The minimum atomic E-state index is -4.44. The van der Waals surface area contributed by atoms with E-state index >= 15 is 0 Å². The highest BCUT2D eigenvalue weighted by molar-refractivity contribution is 5.91. The van der Waals surface area contributed by atoms with E-state index in [0.29, 0.717) is 11.6 Å². The van der Waals surface area contributed by atoms with Gasteiger partial charge in [-0.2, -0.15) is 18.3 Å². The molecule has 1 N–H and O–H groups in total. The van der Waals surface area contributed by atoms with Gasteiger partial charge < -0.3 is 10.1 Å². The van der Waals surface area contributed by atoms with Gasteiger partial charge in [0.25, 0.3) is 0 Å². The second kappa shape index (κ2) is 9.81. The highest BCUT2D eigenvalue weighted by atomic mass is 19.4. The molecule has 0 aliphatic heterocycles. The van der Waals surface area contributed by atoms with Crippen LogP contribution in [0.5, 0.6) is 11.6 Å². The molecule has 6 nitrogen and oxygen atoms in total. The molecule has 3 aromatic rings. The fourth-order valence-corrected chi connectivity index (χ4v) is 3.62. The van der Waals surface area contributed by atoms with Crippen molar-refractivity contribution in [2.75, 3.05) is 5.32 Å². The number of halogens is 3. The third-order valence-electron chi connectivity index (χ3n) is 5.34. The molecule has 1 fully saturated rings. The van der Waals surface area contributed by atoms with Crippen LogP contribution < -0.4 is 10.1 Å². The van der Waals surface area contributed by atoms with Crippen LogP contribution in [0, 0.1) is 5.92 Å². The summed E-state index contributed by atoms with van der Waals surface area (Å²) < 4.78 is 43.6. The minimum Gasteiger partial charge on any atom is -0.439 e. The first-order chi connectivity index (χ1) is 15.9. The Kier molecular flexibility index (Phi) is 6.67. The maximum absolute atomic E-state index is 12.7. The fraction of sp³-hybridized carbons (Fsp3) is 0.250. The molecule has 1 aliphatic carbocycles. The Hall–Kier alpha value is -3.75. The molecular weight excluding hydrogens is 433 g/mol. The largest absolute Gasteiger partial charge is 0.439 e. The predicted molar refractivity (Wildman–Crippen MR) is 116 cm³/mol. The fourth-order valence-electron chi connectivity index (χ4n) is 3.62. The molecule has 0 radical (unpaired) electrons. The smallest absolute Gasteiger partial charge is 0.417 e. The number of ether oxygens (including phenoxy) is 1. The molecule has 1 amide bonds. The number of pyridine rings is 1. The summed E-state index contributed by atoms with van der Waals surface area (Å²) in [5, 5.41) is 10.4. The summed E-state index contributed by atoms with van der Waals surface area (Å²) in [7, 11) is 0. The van der Waals surface area contributed by atoms with Crippen molar-refractivity contribution in [3.8, 4) is 11.6 Å². The Morgan fingerprint density at radius 2 is 1.91 bits per heavy atom. The number of aromatic nitrogens is 3. The molecular formula is C24H21F3N4O2. The summed E-state index contributed by atoms with van der Waals surface area (Å²) in [5.74, 6) is 0.887. The topological polar surface area (TPSA) is 77.0 Å². The first-order valence-corrected chi connectivity index (χ1v) is 10.5. The average Bonchev–Trinajstić information content (AvgIpc) is 2.80. The van der Waals surface area contributed by atoms with Crippen molar-refractivity contribution in [1.29, 1.82) is 0 Å². The van der Waals surface area contributed by atoms with Gasteiger partial charge in [0.2, 0.25) is 11.8 Å². The van der Waals surface area contributed by atoms with Crippen LogP contribution in [0.4, 0.5) is 19.0 Å². The molecule has 9 heteroatoms. The summed E-state index contributed by atoms with van der Waals surface area (Å²) in [6, 6.07) is 12.8. The Morgan fingerprint density at radius 3 is 2.58 bits per heavy atom. The lowest BCUT2D eigenvalue weighted by molar-refractivity contribution is -0.137. The Labute approximate surface area is 188 Å². The second-order valence-electron chi connectivity index (χ2n) is 7.73. The lowest BCUT2D eigenvalue weighted by Gasteiger charge is -2.23. The zero-order chi connectivity index (χ0) is 23.3. The van der Waals surface area contributed by atoms with Crippen molar-refractivity contribution in [3.05, 3.63) is 77.6 Å². The third kappa shape index (κ3) is 6.15. The highest BCUT2D eigenvalue weighted by Crippen LogP contribution is 2.32. The van der Waals surface area contributed by atoms with Crippen LogP contribution in [-0.2, 0) is 11.0 Å². The van der Waals surface area contributed by atoms with Gasteiger partial charge in [0.1, 0.15) is 5.75 Å². The van der Waals surface area contributed by atoms with Crippen LogP contribution in [0.25, 0.3) is 6.08 Å². The summed E-state index contributed by atoms with van der Waals surface area (Å²) in [6.07, 6.45) is 2.99. The molecule has 1 aliphatic rings. The number of nitrogens with one attached hydrogen (secondary N) is 1. The first kappa shape index (κ1) is 22.4. The summed E-state index contributed by atoms with van der Waals surface area (Å²) in [4.78, 5) is 16.2. The van der Waals surface area contributed by atoms with Gasteiger partial charge in [0, 0.05) is 24.4 Å². The van der Waals surface area contributed by atoms with Crippen molar-refractivity contribution in [3.63, 3.8) is 0 Å². The van der Waals surface area contributed by atoms with Crippen LogP contribution in [0.1, 0.15) is 36.8 Å². The number of nitrogens with zero attached hydrogens (tertiary/aromatic N) is 3. The van der Waals surface area contributed by atoms with Crippen molar-refractivity contribution < 1.29 is 22.7 Å². The van der Waals surface area contributed by atoms with Crippen molar-refractivity contribution in [1.82, 2.24) is 15.2 Å². The third-order valence-corrected chi connectivity index (χ3v) is 5.34. The molecule has 0 saturated heterocycles. The van der Waals surface area contributed by atoms with Gasteiger partial charge in [-0.3, -0.25) is 4.79 Å². The van der Waals surface area contributed by atoms with Gasteiger partial charge in [-0.25, -0.2) is 4.98 Å². The molecule has 0 bridgehead atoms. The molecule has 1 aromatic carbocycles. The zero-order valence-electron chi connectivity index (χ0n) is 17.5. The lowest BCUT2D eigenvalue weighted by atomic mass is 9.84. The molecule has 4 rings (SSSR count). The normalized spacial score (nSPS) is 16.2. The van der Waals surface area contributed by atoms with Gasteiger partial charge in [-0.15, -0.1) is 5.10 Å². The number of hydrogen-bond acceptors (Lipinski definition) is 5. The SMILES string of the molecule is O=C(Nc1cccnn1)C1CCC(=Cc2cccc(Oc3ccc(C(F)(F)F)cn3)c2)CC1. The predicted octanol–water partition coefficient (Wildman–Crippen LogP) is 5.90. The van der Waals surface area contributed by atoms with E-state index in [9.17, 15) is 18.0 Å². The Balaban J connectivity index is 1.34. The maximum Gasteiger partial charge on any atom is 0.417 e. The van der Waals surface area contributed by atoms with Crippen LogP contribution in [-0.4, -0.2) is 21.1 Å². The molecule has 1 saturated carbocycles. The number of carbonyl (C=O) groups is 1. The van der Waals surface area contributed by atoms with Crippen LogP contribution in [0.3, 0.4) is 0 Å². The van der Waals surface area contributed by atoms with E-state index in [1.807, 2.05) is 12.1 Å². The van der Waals surface area contributed by atoms with Gasteiger partial charge >= 0.3 is 6.18 Å². The minimum absolute atomic E-state index is 0.0472. The zero-order valence-corrected chi connectivity index (χ0v) is 17.5. The monoisotopic (exact) mass is 454 g/mol. The number of benzene rings is 1. The van der Waals surface area contributed by atoms with Crippen LogP contribution in [0.2, 0.25) is 0 Å². The molecule has 170 valence electrons. The number of amides is 1. The summed E-state index contributed by atoms with van der Waals surface area (Å²) in [6.45, 7) is 0. The number of carbonyl (C=O) groups excluding carboxylic acids is 1. The number of rotatable bonds is 5. The molecule has 33 heavy (non-hydrogen) atoms. The highest BCUT2D eigenvalue weighted by Gasteiger charge is 2.30. The van der Waals surface area contributed by atoms with E-state index in [2.05, 4.69) is 26.6 Å². The van der Waals surface area contributed by atoms with Crippen LogP contribution in [0.15, 0.2) is 66.5 Å². The molecule has 0 spiro atoms. The molecule has 2 aromatic heterocycles. The van der Waals surface area contributed by atoms with Gasteiger partial charge in [0.05, 0.1) is 5.56 Å². The van der Waals surface area contributed by atoms with E-state index in [4.69, 9.17) is 4.74 Å². The van der Waals surface area contributed by atoms with Gasteiger partial charge in [-0.1, -0.05) is 23.8 Å². The molecule has 0 atom stereocenters. The first-order valence-electron chi connectivity index (χ1n) is 10.5. The number of alkyl halides is 3. The number of hydrogen-bond donors (Lipinski definition) is 1. The van der Waals surface area contributed by atoms with E-state index in [0.717, 1.165) is 43.5 Å². The second-order valence-corrected chi connectivity index (χ2v) is 7.73. The number of anilines is 1. The van der Waals surface area contributed by atoms with Gasteiger partial charge in [0.15, 0.2) is 5.82 Å². The van der Waals surface area contributed by atoms with Crippen molar-refractivity contribution in [2.24, 2.45) is 5.92 Å². The maximum atomic E-state index is 12.7. The van der Waals surface area contributed by atoms with Crippen LogP contribution >= 0.6 is 0 Å². The lowest BCUT2D eigenvalue weighted by Crippen LogP contribution is -2.25. The molecule has 0 unspecified atom stereocenters. The van der Waals surface area contributed by atoms with E-state index in [-0.39, 0.29) is 17.7 Å².